The standard InChI is InChI=1S/C33H31ClN2O5/c1-17(2)15-25(33(40)41-16-26(37)35-24-14-8-13-23(34)18(24)3)36-31(38)29-27-19-9-4-5-10-20(19)28(30(29)32(36)39)22-12-7-6-11-21(22)27/h4-14,17,25,27-30H,15-16H2,1-3H3,(H,35,37)/t25-,27?,28?,29-,30-/m0/s1. The molecule has 0 aromatic heterocycles. The van der Waals surface area contributed by atoms with Crippen molar-refractivity contribution in [2.75, 3.05) is 11.9 Å². The van der Waals surface area contributed by atoms with Crippen LogP contribution < -0.4 is 5.32 Å². The lowest BCUT2D eigenvalue weighted by Gasteiger charge is -2.45. The van der Waals surface area contributed by atoms with Crippen LogP contribution in [0.25, 0.3) is 0 Å². The number of hydrogen-bond acceptors (Lipinski definition) is 5. The highest BCUT2D eigenvalue weighted by Crippen LogP contribution is 2.61. The number of carbonyl (C=O) groups excluding carboxylic acids is 4. The average molecular weight is 571 g/mol. The number of anilines is 1. The van der Waals surface area contributed by atoms with Gasteiger partial charge in [-0.05, 0) is 59.2 Å². The average Bonchev–Trinajstić information content (AvgIpc) is 3.22. The number of likely N-dealkylation sites (tertiary alicyclic amines) is 1. The molecule has 3 amide bonds. The third kappa shape index (κ3) is 4.43. The highest BCUT2D eigenvalue weighted by atomic mass is 35.5. The smallest absolute Gasteiger partial charge is 0.329 e. The van der Waals surface area contributed by atoms with Crippen LogP contribution in [0.3, 0.4) is 0 Å². The summed E-state index contributed by atoms with van der Waals surface area (Å²) in [6.45, 7) is 5.06. The molecule has 3 aliphatic carbocycles. The molecule has 3 atom stereocenters. The minimum absolute atomic E-state index is 0.00942. The van der Waals surface area contributed by atoms with Gasteiger partial charge in [0.05, 0.1) is 11.8 Å². The second-order valence-corrected chi connectivity index (χ2v) is 11.9. The number of esters is 1. The summed E-state index contributed by atoms with van der Waals surface area (Å²) in [7, 11) is 0. The second kappa shape index (κ2) is 10.5. The maximum absolute atomic E-state index is 14.1. The van der Waals surface area contributed by atoms with Gasteiger partial charge in [-0.15, -0.1) is 0 Å². The van der Waals surface area contributed by atoms with Crippen LogP contribution in [-0.2, 0) is 23.9 Å². The van der Waals surface area contributed by atoms with Gasteiger partial charge in [0.1, 0.15) is 6.04 Å². The number of nitrogens with one attached hydrogen (secondary N) is 1. The molecule has 7 rings (SSSR count). The van der Waals surface area contributed by atoms with Crippen molar-refractivity contribution in [3.8, 4) is 0 Å². The monoisotopic (exact) mass is 570 g/mol. The van der Waals surface area contributed by atoms with Crippen molar-refractivity contribution in [3.63, 3.8) is 0 Å². The van der Waals surface area contributed by atoms with E-state index >= 15 is 0 Å². The van der Waals surface area contributed by atoms with Crippen molar-refractivity contribution in [2.24, 2.45) is 17.8 Å². The van der Waals surface area contributed by atoms with E-state index in [0.29, 0.717) is 16.3 Å². The van der Waals surface area contributed by atoms with E-state index in [1.807, 2.05) is 62.4 Å². The zero-order valence-corrected chi connectivity index (χ0v) is 23.9. The Kier molecular flexibility index (Phi) is 6.94. The molecule has 2 bridgehead atoms. The van der Waals surface area contributed by atoms with E-state index in [1.54, 1.807) is 25.1 Å². The lowest BCUT2D eigenvalue weighted by atomic mass is 9.55. The minimum atomic E-state index is -1.12. The first-order valence-corrected chi connectivity index (χ1v) is 14.3. The van der Waals surface area contributed by atoms with E-state index < -0.39 is 36.4 Å². The molecular formula is C33H31ClN2O5. The van der Waals surface area contributed by atoms with Crippen LogP contribution in [0.4, 0.5) is 5.69 Å². The van der Waals surface area contributed by atoms with Gasteiger partial charge in [0.15, 0.2) is 6.61 Å². The SMILES string of the molecule is Cc1c(Cl)cccc1NC(=O)COC(=O)[C@H](CC(C)C)N1C(=O)[C@H]2C3c4ccccc4C(c4ccccc43)[C@@H]2C1=O. The molecule has 4 aliphatic rings. The topological polar surface area (TPSA) is 92.8 Å². The Balaban J connectivity index is 1.27. The summed E-state index contributed by atoms with van der Waals surface area (Å²) in [4.78, 5) is 55.6. The van der Waals surface area contributed by atoms with E-state index in [-0.39, 0.29) is 36.0 Å². The molecule has 0 radical (unpaired) electrons. The second-order valence-electron chi connectivity index (χ2n) is 11.5. The number of carbonyl (C=O) groups is 4. The number of nitrogens with zero attached hydrogens (tertiary/aromatic N) is 1. The quantitative estimate of drug-likeness (QED) is 0.302. The van der Waals surface area contributed by atoms with Crippen LogP contribution >= 0.6 is 11.6 Å². The zero-order valence-electron chi connectivity index (χ0n) is 23.1. The summed E-state index contributed by atoms with van der Waals surface area (Å²) >= 11 is 6.14. The number of rotatable bonds is 7. The third-order valence-corrected chi connectivity index (χ3v) is 9.06. The maximum Gasteiger partial charge on any atom is 0.329 e. The molecule has 1 saturated heterocycles. The van der Waals surface area contributed by atoms with Crippen molar-refractivity contribution in [2.45, 2.75) is 45.1 Å². The van der Waals surface area contributed by atoms with E-state index in [9.17, 15) is 19.2 Å². The number of amides is 3. The molecule has 1 N–H and O–H groups in total. The molecule has 3 aromatic carbocycles. The molecular weight excluding hydrogens is 540 g/mol. The van der Waals surface area contributed by atoms with Gasteiger partial charge in [0.25, 0.3) is 5.91 Å². The van der Waals surface area contributed by atoms with Crippen LogP contribution in [0.15, 0.2) is 66.7 Å². The minimum Gasteiger partial charge on any atom is -0.454 e. The highest BCUT2D eigenvalue weighted by Gasteiger charge is 2.63. The van der Waals surface area contributed by atoms with Crippen molar-refractivity contribution in [1.29, 1.82) is 0 Å². The molecule has 0 unspecified atom stereocenters. The fourth-order valence-corrected chi connectivity index (χ4v) is 7.10. The van der Waals surface area contributed by atoms with Gasteiger partial charge in [-0.2, -0.15) is 0 Å². The first kappa shape index (κ1) is 27.2. The van der Waals surface area contributed by atoms with Crippen LogP contribution in [0.5, 0.6) is 0 Å². The lowest BCUT2D eigenvalue weighted by Crippen LogP contribution is -2.47. The Hall–Kier alpha value is -3.97. The normalized spacial score (nSPS) is 22.7. The highest BCUT2D eigenvalue weighted by molar-refractivity contribution is 6.31. The van der Waals surface area contributed by atoms with Crippen LogP contribution in [0.2, 0.25) is 5.02 Å². The summed E-state index contributed by atoms with van der Waals surface area (Å²) in [5.41, 5.74) is 5.47. The molecule has 0 saturated carbocycles. The fraction of sp³-hybridized carbons (Fsp3) is 0.333. The molecule has 8 heteroatoms. The summed E-state index contributed by atoms with van der Waals surface area (Å²) in [5, 5.41) is 3.21. The Morgan fingerprint density at radius 2 is 1.37 bits per heavy atom. The molecule has 0 spiro atoms. The molecule has 1 aliphatic heterocycles. The summed E-state index contributed by atoms with van der Waals surface area (Å²) in [6, 6.07) is 20.0. The third-order valence-electron chi connectivity index (χ3n) is 8.65. The van der Waals surface area contributed by atoms with Gasteiger partial charge in [-0.3, -0.25) is 19.3 Å². The van der Waals surface area contributed by atoms with Gasteiger partial charge in [0.2, 0.25) is 11.8 Å². The largest absolute Gasteiger partial charge is 0.454 e. The van der Waals surface area contributed by atoms with E-state index in [2.05, 4.69) is 5.32 Å². The van der Waals surface area contributed by atoms with Crippen molar-refractivity contribution in [3.05, 3.63) is 99.6 Å². The van der Waals surface area contributed by atoms with Gasteiger partial charge < -0.3 is 10.1 Å². The fourth-order valence-electron chi connectivity index (χ4n) is 6.92. The Labute approximate surface area is 243 Å². The Morgan fingerprint density at radius 3 is 1.85 bits per heavy atom. The molecule has 1 heterocycles. The van der Waals surface area contributed by atoms with Crippen LogP contribution in [-0.4, -0.2) is 41.2 Å². The number of benzene rings is 3. The molecule has 210 valence electrons. The van der Waals surface area contributed by atoms with E-state index in [4.69, 9.17) is 16.3 Å². The van der Waals surface area contributed by atoms with Gasteiger partial charge in [-0.1, -0.05) is 80.0 Å². The summed E-state index contributed by atoms with van der Waals surface area (Å²) in [5.74, 6) is -3.71. The molecule has 7 nitrogen and oxygen atoms in total. The van der Waals surface area contributed by atoms with Gasteiger partial charge >= 0.3 is 5.97 Å². The number of ether oxygens (including phenoxy) is 1. The van der Waals surface area contributed by atoms with Crippen LogP contribution in [0, 0.1) is 24.7 Å². The first-order chi connectivity index (χ1) is 19.7. The van der Waals surface area contributed by atoms with Crippen molar-refractivity contribution >= 4 is 41.0 Å². The summed E-state index contributed by atoms with van der Waals surface area (Å²) < 4.78 is 5.43. The lowest BCUT2D eigenvalue weighted by molar-refractivity contribution is -0.160. The maximum atomic E-state index is 14.1. The zero-order chi connectivity index (χ0) is 29.0. The van der Waals surface area contributed by atoms with Crippen molar-refractivity contribution in [1.82, 2.24) is 4.90 Å². The van der Waals surface area contributed by atoms with Crippen LogP contribution in [0.1, 0.15) is 59.9 Å². The first-order valence-electron chi connectivity index (χ1n) is 13.9. The van der Waals surface area contributed by atoms with Gasteiger partial charge in [-0.25, -0.2) is 4.79 Å². The Morgan fingerprint density at radius 1 is 0.854 bits per heavy atom. The summed E-state index contributed by atoms with van der Waals surface area (Å²) in [6.07, 6.45) is 0.236. The number of halogens is 1. The molecule has 1 fully saturated rings. The molecule has 41 heavy (non-hydrogen) atoms. The van der Waals surface area contributed by atoms with Crippen molar-refractivity contribution < 1.29 is 23.9 Å². The molecule has 3 aromatic rings. The predicted molar refractivity (Wildman–Crippen MR) is 154 cm³/mol. The number of hydrogen-bond donors (Lipinski definition) is 1. The van der Waals surface area contributed by atoms with Gasteiger partial charge in [0, 0.05) is 22.5 Å². The predicted octanol–water partition coefficient (Wildman–Crippen LogP) is 5.44. The van der Waals surface area contributed by atoms with E-state index in [1.165, 1.54) is 0 Å². The number of imide groups is 1. The Bertz CT molecular complexity index is 1470. The van der Waals surface area contributed by atoms with E-state index in [0.717, 1.165) is 27.2 Å².